The molecule has 0 radical (unpaired) electrons. The van der Waals surface area contributed by atoms with Gasteiger partial charge in [0.1, 0.15) is 5.82 Å². The van der Waals surface area contributed by atoms with Gasteiger partial charge in [-0.05, 0) is 43.1 Å². The second kappa shape index (κ2) is 6.57. The lowest BCUT2D eigenvalue weighted by molar-refractivity contribution is 0.0940. The van der Waals surface area contributed by atoms with Crippen molar-refractivity contribution in [2.75, 3.05) is 13.1 Å². The third-order valence-corrected chi connectivity index (χ3v) is 3.33. The molecule has 0 saturated carbocycles. The summed E-state index contributed by atoms with van der Waals surface area (Å²) in [6.07, 6.45) is 1.32. The number of amides is 1. The van der Waals surface area contributed by atoms with Crippen molar-refractivity contribution in [1.82, 2.24) is 15.1 Å². The maximum absolute atomic E-state index is 13.1. The molecule has 0 aliphatic rings. The maximum atomic E-state index is 13.1. The van der Waals surface area contributed by atoms with Gasteiger partial charge in [-0.25, -0.2) is 9.07 Å². The maximum Gasteiger partial charge on any atom is 0.275 e. The van der Waals surface area contributed by atoms with Gasteiger partial charge in [0, 0.05) is 6.54 Å². The van der Waals surface area contributed by atoms with Crippen LogP contribution < -0.4 is 11.1 Å². The number of aromatic hydroxyl groups is 1. The van der Waals surface area contributed by atoms with Gasteiger partial charge in [-0.3, -0.25) is 4.79 Å². The molecule has 1 aromatic carbocycles. The van der Waals surface area contributed by atoms with Gasteiger partial charge in [-0.15, -0.1) is 0 Å². The number of nitrogens with one attached hydrogen (secondary N) is 1. The summed E-state index contributed by atoms with van der Waals surface area (Å²) in [6, 6.07) is 4.19. The van der Waals surface area contributed by atoms with Crippen molar-refractivity contribution in [3.8, 4) is 11.4 Å². The zero-order chi connectivity index (χ0) is 16.3. The van der Waals surface area contributed by atoms with Gasteiger partial charge in [0.25, 0.3) is 5.91 Å². The molecular formula is C15H19FN4O2. The number of nitrogens with two attached hydrogens (primary N) is 1. The van der Waals surface area contributed by atoms with Crippen LogP contribution in [0.5, 0.6) is 5.75 Å². The van der Waals surface area contributed by atoms with Crippen LogP contribution in [0.3, 0.4) is 0 Å². The minimum absolute atomic E-state index is 0.0760. The average Bonchev–Trinajstić information content (AvgIpc) is 2.86. The molecule has 1 amide bonds. The molecule has 1 heterocycles. The van der Waals surface area contributed by atoms with E-state index < -0.39 is 5.91 Å². The number of halogens is 1. The number of carbonyl (C=O) groups is 1. The fourth-order valence-corrected chi connectivity index (χ4v) is 1.96. The lowest BCUT2D eigenvalue weighted by atomic mass is 10.2. The summed E-state index contributed by atoms with van der Waals surface area (Å²) in [7, 11) is 0. The van der Waals surface area contributed by atoms with E-state index in [1.54, 1.807) is 6.92 Å². The van der Waals surface area contributed by atoms with E-state index in [4.69, 9.17) is 5.73 Å². The summed E-state index contributed by atoms with van der Waals surface area (Å²) in [5.41, 5.74) is 6.64. The monoisotopic (exact) mass is 306 g/mol. The van der Waals surface area contributed by atoms with Crippen LogP contribution in [0.25, 0.3) is 5.69 Å². The molecule has 0 saturated heterocycles. The van der Waals surface area contributed by atoms with Gasteiger partial charge in [-0.1, -0.05) is 6.92 Å². The molecule has 22 heavy (non-hydrogen) atoms. The van der Waals surface area contributed by atoms with Crippen molar-refractivity contribution in [1.29, 1.82) is 0 Å². The number of hydrogen-bond acceptors (Lipinski definition) is 4. The molecule has 0 aliphatic carbocycles. The first-order valence-electron chi connectivity index (χ1n) is 6.95. The fraction of sp³-hybridized carbons (Fsp3) is 0.333. The molecule has 2 aromatic rings. The number of carbonyl (C=O) groups excluding carboxylic acids is 1. The van der Waals surface area contributed by atoms with Gasteiger partial charge < -0.3 is 16.2 Å². The number of rotatable bonds is 5. The lowest BCUT2D eigenvalue weighted by Gasteiger charge is -2.09. The van der Waals surface area contributed by atoms with Crippen LogP contribution in [0.1, 0.15) is 23.0 Å². The predicted octanol–water partition coefficient (Wildman–Crippen LogP) is 1.35. The van der Waals surface area contributed by atoms with E-state index in [1.165, 1.54) is 29.1 Å². The molecule has 0 fully saturated rings. The van der Waals surface area contributed by atoms with E-state index in [9.17, 15) is 14.3 Å². The number of aromatic nitrogens is 2. The fourth-order valence-electron chi connectivity index (χ4n) is 1.96. The Morgan fingerprint density at radius 3 is 2.91 bits per heavy atom. The Kier molecular flexibility index (Phi) is 4.77. The van der Waals surface area contributed by atoms with Crippen molar-refractivity contribution < 1.29 is 14.3 Å². The van der Waals surface area contributed by atoms with Gasteiger partial charge in [-0.2, -0.15) is 5.10 Å². The van der Waals surface area contributed by atoms with Gasteiger partial charge in [0.15, 0.2) is 11.4 Å². The zero-order valence-electron chi connectivity index (χ0n) is 12.5. The first-order chi connectivity index (χ1) is 10.4. The highest BCUT2D eigenvalue weighted by atomic mass is 19.1. The second-order valence-electron chi connectivity index (χ2n) is 5.29. The minimum Gasteiger partial charge on any atom is -0.504 e. The molecule has 118 valence electrons. The molecule has 1 atom stereocenters. The van der Waals surface area contributed by atoms with E-state index in [-0.39, 0.29) is 23.2 Å². The average molecular weight is 306 g/mol. The van der Waals surface area contributed by atoms with Crippen molar-refractivity contribution in [3.05, 3.63) is 41.5 Å². The van der Waals surface area contributed by atoms with Crippen molar-refractivity contribution >= 4 is 5.91 Å². The third-order valence-electron chi connectivity index (χ3n) is 3.33. The molecule has 0 spiro atoms. The Bertz CT molecular complexity index is 684. The minimum atomic E-state index is -0.476. The topological polar surface area (TPSA) is 93.2 Å². The summed E-state index contributed by atoms with van der Waals surface area (Å²) in [5.74, 6) is -0.933. The first-order valence-corrected chi connectivity index (χ1v) is 6.95. The number of aryl methyl sites for hydroxylation is 1. The third kappa shape index (κ3) is 3.43. The Hall–Kier alpha value is -2.41. The van der Waals surface area contributed by atoms with Crippen LogP contribution in [0.15, 0.2) is 24.4 Å². The van der Waals surface area contributed by atoms with Gasteiger partial charge in [0.05, 0.1) is 11.9 Å². The Morgan fingerprint density at radius 1 is 1.55 bits per heavy atom. The van der Waals surface area contributed by atoms with Crippen LogP contribution in [0.4, 0.5) is 4.39 Å². The van der Waals surface area contributed by atoms with Crippen molar-refractivity contribution in [2.24, 2.45) is 11.7 Å². The van der Waals surface area contributed by atoms with Crippen LogP contribution in [-0.2, 0) is 0 Å². The normalized spacial score (nSPS) is 12.2. The lowest BCUT2D eigenvalue weighted by Crippen LogP contribution is -2.31. The Labute approximate surface area is 127 Å². The molecule has 4 N–H and O–H groups in total. The van der Waals surface area contributed by atoms with Gasteiger partial charge in [0.2, 0.25) is 0 Å². The van der Waals surface area contributed by atoms with Crippen LogP contribution in [0.2, 0.25) is 0 Å². The molecule has 1 unspecified atom stereocenters. The van der Waals surface area contributed by atoms with Gasteiger partial charge >= 0.3 is 0 Å². The van der Waals surface area contributed by atoms with E-state index in [0.717, 1.165) is 0 Å². The largest absolute Gasteiger partial charge is 0.504 e. The predicted molar refractivity (Wildman–Crippen MR) is 80.5 cm³/mol. The summed E-state index contributed by atoms with van der Waals surface area (Å²) in [6.45, 7) is 4.48. The summed E-state index contributed by atoms with van der Waals surface area (Å²) in [5, 5.41) is 16.6. The molecular weight excluding hydrogens is 287 g/mol. The molecule has 7 heteroatoms. The summed E-state index contributed by atoms with van der Waals surface area (Å²) < 4.78 is 14.5. The highest BCUT2D eigenvalue weighted by Crippen LogP contribution is 2.20. The van der Waals surface area contributed by atoms with Crippen LogP contribution >= 0.6 is 0 Å². The van der Waals surface area contributed by atoms with E-state index in [1.807, 2.05) is 6.92 Å². The van der Waals surface area contributed by atoms with E-state index >= 15 is 0 Å². The van der Waals surface area contributed by atoms with Crippen molar-refractivity contribution in [3.63, 3.8) is 0 Å². The zero-order valence-corrected chi connectivity index (χ0v) is 12.5. The van der Waals surface area contributed by atoms with E-state index in [0.29, 0.717) is 24.3 Å². The summed E-state index contributed by atoms with van der Waals surface area (Å²) in [4.78, 5) is 12.0. The quantitative estimate of drug-likeness (QED) is 0.777. The molecule has 1 aromatic heterocycles. The highest BCUT2D eigenvalue weighted by Gasteiger charge is 2.18. The second-order valence-corrected chi connectivity index (χ2v) is 5.29. The molecule has 2 rings (SSSR count). The smallest absolute Gasteiger partial charge is 0.275 e. The number of nitrogens with zero attached hydrogens (tertiary/aromatic N) is 2. The van der Waals surface area contributed by atoms with Crippen LogP contribution in [0, 0.1) is 18.7 Å². The van der Waals surface area contributed by atoms with Crippen LogP contribution in [-0.4, -0.2) is 33.9 Å². The standard InChI is InChI=1S/C15H19FN4O2/c1-9(6-17)7-18-15(22)14-13(21)8-20(19-14)12-4-3-11(16)5-10(12)2/h3-5,8-9,21H,6-7,17H2,1-2H3,(H,18,22). The number of benzene rings is 1. The SMILES string of the molecule is Cc1cc(F)ccc1-n1cc(O)c(C(=O)NCC(C)CN)n1. The Morgan fingerprint density at radius 2 is 2.27 bits per heavy atom. The highest BCUT2D eigenvalue weighted by molar-refractivity contribution is 5.94. The number of hydrogen-bond donors (Lipinski definition) is 3. The van der Waals surface area contributed by atoms with E-state index in [2.05, 4.69) is 10.4 Å². The molecule has 6 nitrogen and oxygen atoms in total. The molecule has 0 bridgehead atoms. The first kappa shape index (κ1) is 16.0. The Balaban J connectivity index is 2.22. The summed E-state index contributed by atoms with van der Waals surface area (Å²) >= 11 is 0. The molecule has 0 aliphatic heterocycles. The van der Waals surface area contributed by atoms with Crippen molar-refractivity contribution in [2.45, 2.75) is 13.8 Å².